The molecule has 2 aliphatic heterocycles. The Labute approximate surface area is 127 Å². The van der Waals surface area contributed by atoms with Gasteiger partial charge < -0.3 is 15.4 Å². The van der Waals surface area contributed by atoms with Crippen LogP contribution in [0, 0.1) is 0 Å². The minimum atomic E-state index is 0.581. The van der Waals surface area contributed by atoms with Crippen LogP contribution in [0.5, 0.6) is 5.88 Å². The van der Waals surface area contributed by atoms with Gasteiger partial charge in [0, 0.05) is 25.2 Å². The molecule has 3 rings (SSSR count). The molecule has 1 aromatic rings. The van der Waals surface area contributed by atoms with Crippen LogP contribution >= 0.6 is 0 Å². The van der Waals surface area contributed by atoms with E-state index < -0.39 is 0 Å². The molecule has 0 saturated carbocycles. The van der Waals surface area contributed by atoms with Crippen LogP contribution in [0.2, 0.25) is 0 Å². The van der Waals surface area contributed by atoms with Gasteiger partial charge in [0.2, 0.25) is 5.88 Å². The van der Waals surface area contributed by atoms with Crippen LogP contribution < -0.4 is 15.4 Å². The second kappa shape index (κ2) is 6.10. The van der Waals surface area contributed by atoms with E-state index in [4.69, 9.17) is 10.5 Å². The molecule has 5 heteroatoms. The van der Waals surface area contributed by atoms with Gasteiger partial charge in [0.15, 0.2) is 0 Å². The highest BCUT2D eigenvalue weighted by Gasteiger charge is 2.35. The number of aromatic nitrogens is 1. The van der Waals surface area contributed by atoms with Crippen molar-refractivity contribution in [3.8, 4) is 5.88 Å². The fraction of sp³-hybridized carbons (Fsp3) is 0.688. The lowest BCUT2D eigenvalue weighted by Crippen LogP contribution is -2.37. The van der Waals surface area contributed by atoms with Gasteiger partial charge in [0.25, 0.3) is 0 Å². The predicted octanol–water partition coefficient (Wildman–Crippen LogP) is 2.13. The van der Waals surface area contributed by atoms with Crippen molar-refractivity contribution in [3.05, 3.63) is 12.1 Å². The molecular formula is C16H26N4O. The average Bonchev–Trinajstić information content (AvgIpc) is 2.72. The Bertz CT molecular complexity index is 493. The zero-order chi connectivity index (χ0) is 14.8. The first-order valence-corrected chi connectivity index (χ1v) is 8.05. The van der Waals surface area contributed by atoms with Crippen molar-refractivity contribution in [1.82, 2.24) is 9.88 Å². The van der Waals surface area contributed by atoms with Crippen LogP contribution in [0.25, 0.3) is 0 Å². The normalized spacial score (nSPS) is 25.9. The molecule has 3 heterocycles. The Kier molecular flexibility index (Phi) is 4.19. The molecule has 0 aromatic carbocycles. The maximum atomic E-state index is 5.96. The molecule has 2 fully saturated rings. The molecule has 0 amide bonds. The van der Waals surface area contributed by atoms with Crippen molar-refractivity contribution >= 4 is 11.5 Å². The van der Waals surface area contributed by atoms with Gasteiger partial charge in [-0.25, -0.2) is 0 Å². The summed E-state index contributed by atoms with van der Waals surface area (Å²) in [6, 6.07) is 5.33. The molecular weight excluding hydrogens is 264 g/mol. The number of likely N-dealkylation sites (N-methyl/N-ethyl adjacent to an activating group) is 1. The van der Waals surface area contributed by atoms with E-state index in [9.17, 15) is 0 Å². The second-order valence-electron chi connectivity index (χ2n) is 6.20. The molecule has 1 aromatic heterocycles. The molecule has 0 aliphatic carbocycles. The minimum absolute atomic E-state index is 0.581. The monoisotopic (exact) mass is 290 g/mol. The summed E-state index contributed by atoms with van der Waals surface area (Å²) in [5, 5.41) is 0. The first-order chi connectivity index (χ1) is 10.2. The summed E-state index contributed by atoms with van der Waals surface area (Å²) in [6.07, 6.45) is 4.81. The molecule has 2 aliphatic rings. The standard InChI is InChI=1S/C16H26N4O/c1-3-10-21-16-14(17)6-7-15(18-16)20-9-8-12-4-5-13(11-20)19(12)2/h6-7,12-13H,3-5,8-11,17H2,1-2H3. The van der Waals surface area contributed by atoms with E-state index in [0.717, 1.165) is 31.4 Å². The van der Waals surface area contributed by atoms with Gasteiger partial charge in [-0.05, 0) is 44.9 Å². The van der Waals surface area contributed by atoms with Crippen LogP contribution in [0.1, 0.15) is 32.6 Å². The summed E-state index contributed by atoms with van der Waals surface area (Å²) in [5.74, 6) is 1.58. The molecule has 2 unspecified atom stereocenters. The van der Waals surface area contributed by atoms with Gasteiger partial charge in [0.1, 0.15) is 5.82 Å². The summed E-state index contributed by atoms with van der Waals surface area (Å²) in [6.45, 7) is 4.86. The Morgan fingerprint density at radius 1 is 1.29 bits per heavy atom. The summed E-state index contributed by atoms with van der Waals surface area (Å²) >= 11 is 0. The number of pyridine rings is 1. The van der Waals surface area contributed by atoms with E-state index in [-0.39, 0.29) is 0 Å². The van der Waals surface area contributed by atoms with Crippen LogP contribution in [-0.4, -0.2) is 48.7 Å². The Balaban J connectivity index is 1.77. The van der Waals surface area contributed by atoms with Crippen molar-refractivity contribution in [2.75, 3.05) is 37.4 Å². The number of hydrogen-bond donors (Lipinski definition) is 1. The smallest absolute Gasteiger partial charge is 0.239 e. The maximum Gasteiger partial charge on any atom is 0.239 e. The molecule has 0 spiro atoms. The van der Waals surface area contributed by atoms with Gasteiger partial charge >= 0.3 is 0 Å². The maximum absolute atomic E-state index is 5.96. The van der Waals surface area contributed by atoms with E-state index in [1.165, 1.54) is 19.3 Å². The van der Waals surface area contributed by atoms with Crippen molar-refractivity contribution in [1.29, 1.82) is 0 Å². The third-order valence-electron chi connectivity index (χ3n) is 4.79. The number of rotatable bonds is 4. The fourth-order valence-corrected chi connectivity index (χ4v) is 3.45. The highest BCUT2D eigenvalue weighted by Crippen LogP contribution is 2.31. The van der Waals surface area contributed by atoms with Gasteiger partial charge in [-0.1, -0.05) is 6.92 Å². The Hall–Kier alpha value is -1.49. The van der Waals surface area contributed by atoms with Crippen LogP contribution in [0.3, 0.4) is 0 Å². The zero-order valence-electron chi connectivity index (χ0n) is 13.1. The van der Waals surface area contributed by atoms with Crippen molar-refractivity contribution < 1.29 is 4.74 Å². The van der Waals surface area contributed by atoms with Gasteiger partial charge in [-0.2, -0.15) is 4.98 Å². The topological polar surface area (TPSA) is 54.6 Å². The summed E-state index contributed by atoms with van der Waals surface area (Å²) in [7, 11) is 2.26. The van der Waals surface area contributed by atoms with E-state index in [1.807, 2.05) is 12.1 Å². The lowest BCUT2D eigenvalue weighted by molar-refractivity contribution is 0.254. The SMILES string of the molecule is CCCOc1nc(N2CCC3CCC(C2)N3C)ccc1N. The highest BCUT2D eigenvalue weighted by molar-refractivity contribution is 5.54. The lowest BCUT2D eigenvalue weighted by atomic mass is 10.1. The number of nitrogens with two attached hydrogens (primary N) is 1. The molecule has 116 valence electrons. The quantitative estimate of drug-likeness (QED) is 0.920. The molecule has 2 bridgehead atoms. The van der Waals surface area contributed by atoms with Crippen LogP contribution in [-0.2, 0) is 0 Å². The summed E-state index contributed by atoms with van der Waals surface area (Å²) < 4.78 is 5.66. The van der Waals surface area contributed by atoms with E-state index in [1.54, 1.807) is 0 Å². The lowest BCUT2D eigenvalue weighted by Gasteiger charge is -2.27. The first kappa shape index (κ1) is 14.4. The molecule has 21 heavy (non-hydrogen) atoms. The number of fused-ring (bicyclic) bond motifs is 2. The fourth-order valence-electron chi connectivity index (χ4n) is 3.45. The Morgan fingerprint density at radius 3 is 2.90 bits per heavy atom. The first-order valence-electron chi connectivity index (χ1n) is 8.05. The summed E-state index contributed by atoms with van der Waals surface area (Å²) in [4.78, 5) is 9.58. The van der Waals surface area contributed by atoms with Crippen LogP contribution in [0.4, 0.5) is 11.5 Å². The molecule has 2 N–H and O–H groups in total. The van der Waals surface area contributed by atoms with E-state index in [0.29, 0.717) is 24.2 Å². The number of hydrogen-bond acceptors (Lipinski definition) is 5. The third kappa shape index (κ3) is 2.93. The van der Waals surface area contributed by atoms with E-state index >= 15 is 0 Å². The number of anilines is 2. The second-order valence-corrected chi connectivity index (χ2v) is 6.20. The predicted molar refractivity (Wildman–Crippen MR) is 85.8 cm³/mol. The largest absolute Gasteiger partial charge is 0.476 e. The van der Waals surface area contributed by atoms with Gasteiger partial charge in [0.05, 0.1) is 12.3 Å². The molecule has 2 atom stereocenters. The minimum Gasteiger partial charge on any atom is -0.476 e. The Morgan fingerprint density at radius 2 is 2.10 bits per heavy atom. The van der Waals surface area contributed by atoms with Crippen molar-refractivity contribution in [2.45, 2.75) is 44.7 Å². The molecule has 2 saturated heterocycles. The molecule has 0 radical (unpaired) electrons. The zero-order valence-corrected chi connectivity index (χ0v) is 13.1. The van der Waals surface area contributed by atoms with Gasteiger partial charge in [-0.15, -0.1) is 0 Å². The third-order valence-corrected chi connectivity index (χ3v) is 4.79. The summed E-state index contributed by atoms with van der Waals surface area (Å²) in [5.41, 5.74) is 6.58. The molecule has 5 nitrogen and oxygen atoms in total. The van der Waals surface area contributed by atoms with Crippen LogP contribution in [0.15, 0.2) is 12.1 Å². The highest BCUT2D eigenvalue weighted by atomic mass is 16.5. The van der Waals surface area contributed by atoms with Gasteiger partial charge in [-0.3, -0.25) is 4.90 Å². The average molecular weight is 290 g/mol. The number of ether oxygens (including phenoxy) is 1. The van der Waals surface area contributed by atoms with Crippen molar-refractivity contribution in [2.24, 2.45) is 0 Å². The number of nitrogens with zero attached hydrogens (tertiary/aromatic N) is 3. The van der Waals surface area contributed by atoms with Crippen molar-refractivity contribution in [3.63, 3.8) is 0 Å². The van der Waals surface area contributed by atoms with E-state index in [2.05, 4.69) is 28.8 Å². The number of nitrogen functional groups attached to an aromatic ring is 1.